The number of aromatic carboxylic acids is 2. The number of rotatable bonds is 12. The first-order valence-corrected chi connectivity index (χ1v) is 10.7. The van der Waals surface area contributed by atoms with Crippen molar-refractivity contribution >= 4 is 11.9 Å². The molecule has 0 aromatic heterocycles. The van der Waals surface area contributed by atoms with Gasteiger partial charge in [-0.1, -0.05) is 42.5 Å². The van der Waals surface area contributed by atoms with Gasteiger partial charge in [0.15, 0.2) is 0 Å². The number of benzene rings is 3. The molecule has 0 unspecified atom stereocenters. The maximum atomic E-state index is 11.2. The second-order valence-corrected chi connectivity index (χ2v) is 7.68. The van der Waals surface area contributed by atoms with Crippen LogP contribution in [0.3, 0.4) is 0 Å². The molecule has 0 aliphatic heterocycles. The van der Waals surface area contributed by atoms with Gasteiger partial charge in [-0.2, -0.15) is 0 Å². The molecule has 3 aromatic carbocycles. The van der Waals surface area contributed by atoms with Crippen LogP contribution in [0.25, 0.3) is 0 Å². The molecule has 3 rings (SSSR count). The summed E-state index contributed by atoms with van der Waals surface area (Å²) in [6.07, 6.45) is -0.00109. The summed E-state index contributed by atoms with van der Waals surface area (Å²) < 4.78 is 5.56. The second kappa shape index (κ2) is 11.8. The van der Waals surface area contributed by atoms with Crippen LogP contribution in [0, 0.1) is 0 Å². The van der Waals surface area contributed by atoms with E-state index in [0.29, 0.717) is 25.3 Å². The van der Waals surface area contributed by atoms with Gasteiger partial charge in [-0.25, -0.2) is 9.59 Å². The molecule has 1 atom stereocenters. The van der Waals surface area contributed by atoms with Crippen molar-refractivity contribution in [3.63, 3.8) is 0 Å². The molecule has 4 N–H and O–H groups in total. The first-order chi connectivity index (χ1) is 15.9. The molecule has 0 aliphatic rings. The Bertz CT molecular complexity index is 977. The lowest BCUT2D eigenvalue weighted by Crippen LogP contribution is -2.32. The van der Waals surface area contributed by atoms with Crippen molar-refractivity contribution in [3.05, 3.63) is 101 Å². The highest BCUT2D eigenvalue weighted by Crippen LogP contribution is 2.28. The lowest BCUT2D eigenvalue weighted by atomic mass is 9.87. The SMILES string of the molecule is O=C(O)c1ccc(C(CCNC[C@H](O)COc2ccccc2)c2ccc(C(=O)O)cc2)cc1. The van der Waals surface area contributed by atoms with Crippen LogP contribution in [0.2, 0.25) is 0 Å². The number of nitrogens with one attached hydrogen (secondary N) is 1. The molecule has 7 nitrogen and oxygen atoms in total. The van der Waals surface area contributed by atoms with E-state index in [1.54, 1.807) is 48.5 Å². The summed E-state index contributed by atoms with van der Waals surface area (Å²) in [7, 11) is 0. The Morgan fingerprint density at radius 1 is 0.788 bits per heavy atom. The lowest BCUT2D eigenvalue weighted by molar-refractivity contribution is 0.0686. The molecule has 3 aromatic rings. The maximum Gasteiger partial charge on any atom is 0.335 e. The van der Waals surface area contributed by atoms with Crippen LogP contribution < -0.4 is 10.1 Å². The smallest absolute Gasteiger partial charge is 0.335 e. The Kier molecular flexibility index (Phi) is 8.57. The standard InChI is InChI=1S/C26H27NO6/c28-22(17-33-23-4-2-1-3-5-23)16-27-15-14-24(18-6-10-20(11-7-18)25(29)30)19-8-12-21(13-9-19)26(31)32/h1-13,22,24,27-28H,14-17H2,(H,29,30)(H,31,32)/t22-/m0/s1. The van der Waals surface area contributed by atoms with Crippen molar-refractivity contribution in [1.29, 1.82) is 0 Å². The van der Waals surface area contributed by atoms with E-state index in [-0.39, 0.29) is 23.7 Å². The van der Waals surface area contributed by atoms with Crippen molar-refractivity contribution in [2.75, 3.05) is 19.7 Å². The molecule has 0 radical (unpaired) electrons. The minimum absolute atomic E-state index is 0.0686. The van der Waals surface area contributed by atoms with Crippen LogP contribution >= 0.6 is 0 Å². The Morgan fingerprint density at radius 3 is 1.79 bits per heavy atom. The van der Waals surface area contributed by atoms with Crippen LogP contribution in [0.1, 0.15) is 44.2 Å². The fraction of sp³-hybridized carbons (Fsp3) is 0.231. The van der Waals surface area contributed by atoms with Crippen molar-refractivity contribution in [3.8, 4) is 5.75 Å². The van der Waals surface area contributed by atoms with Gasteiger partial charge in [0.2, 0.25) is 0 Å². The monoisotopic (exact) mass is 449 g/mol. The molecule has 0 spiro atoms. The van der Waals surface area contributed by atoms with E-state index in [0.717, 1.165) is 11.1 Å². The molecule has 0 saturated heterocycles. The third-order valence-corrected chi connectivity index (χ3v) is 5.30. The maximum absolute atomic E-state index is 11.2. The summed E-state index contributed by atoms with van der Waals surface area (Å²) in [6.45, 7) is 1.12. The van der Waals surface area contributed by atoms with Gasteiger partial charge in [-0.15, -0.1) is 0 Å². The average molecular weight is 450 g/mol. The van der Waals surface area contributed by atoms with Crippen molar-refractivity contribution in [2.45, 2.75) is 18.4 Å². The van der Waals surface area contributed by atoms with Crippen LogP contribution in [0.5, 0.6) is 5.75 Å². The molecule has 7 heteroatoms. The fourth-order valence-corrected chi connectivity index (χ4v) is 3.52. The van der Waals surface area contributed by atoms with Crippen molar-refractivity contribution < 1.29 is 29.6 Å². The third-order valence-electron chi connectivity index (χ3n) is 5.30. The van der Waals surface area contributed by atoms with Crippen LogP contribution in [-0.4, -0.2) is 53.1 Å². The molecular formula is C26H27NO6. The lowest BCUT2D eigenvalue weighted by Gasteiger charge is -2.20. The third kappa shape index (κ3) is 7.17. The van der Waals surface area contributed by atoms with Gasteiger partial charge in [0.05, 0.1) is 11.1 Å². The second-order valence-electron chi connectivity index (χ2n) is 7.68. The van der Waals surface area contributed by atoms with Crippen LogP contribution in [-0.2, 0) is 0 Å². The van der Waals surface area contributed by atoms with Crippen molar-refractivity contribution in [1.82, 2.24) is 5.32 Å². The van der Waals surface area contributed by atoms with Gasteiger partial charge >= 0.3 is 11.9 Å². The molecular weight excluding hydrogens is 422 g/mol. The molecule has 172 valence electrons. The van der Waals surface area contributed by atoms with E-state index in [4.69, 9.17) is 14.9 Å². The molecule has 0 saturated carbocycles. The van der Waals surface area contributed by atoms with E-state index in [9.17, 15) is 14.7 Å². The van der Waals surface area contributed by atoms with Gasteiger partial charge < -0.3 is 25.4 Å². The first-order valence-electron chi connectivity index (χ1n) is 10.7. The largest absolute Gasteiger partial charge is 0.491 e. The zero-order valence-corrected chi connectivity index (χ0v) is 18.1. The van der Waals surface area contributed by atoms with Gasteiger partial charge in [-0.05, 0) is 60.5 Å². The molecule has 0 bridgehead atoms. The van der Waals surface area contributed by atoms with E-state index in [2.05, 4.69) is 5.32 Å². The van der Waals surface area contributed by atoms with E-state index in [1.807, 2.05) is 30.3 Å². The molecule has 33 heavy (non-hydrogen) atoms. The van der Waals surface area contributed by atoms with E-state index < -0.39 is 18.0 Å². The number of aliphatic hydroxyl groups excluding tert-OH is 1. The molecule has 0 fully saturated rings. The van der Waals surface area contributed by atoms with E-state index in [1.165, 1.54) is 0 Å². The number of carboxylic acids is 2. The molecule has 0 amide bonds. The van der Waals surface area contributed by atoms with Crippen LogP contribution in [0.15, 0.2) is 78.9 Å². The Hall–Kier alpha value is -3.68. The van der Waals surface area contributed by atoms with Crippen molar-refractivity contribution in [2.24, 2.45) is 0 Å². The number of ether oxygens (including phenoxy) is 1. The normalized spacial score (nSPS) is 11.8. The predicted octanol–water partition coefficient (Wildman–Crippen LogP) is 3.63. The number of aliphatic hydroxyl groups is 1. The van der Waals surface area contributed by atoms with Crippen LogP contribution in [0.4, 0.5) is 0 Å². The summed E-state index contributed by atoms with van der Waals surface area (Å²) >= 11 is 0. The van der Waals surface area contributed by atoms with Gasteiger partial charge in [0.25, 0.3) is 0 Å². The highest BCUT2D eigenvalue weighted by molar-refractivity contribution is 5.88. The summed E-state index contributed by atoms with van der Waals surface area (Å²) in [5, 5.41) is 31.7. The zero-order valence-electron chi connectivity index (χ0n) is 18.1. The minimum atomic E-state index is -0.989. The highest BCUT2D eigenvalue weighted by Gasteiger charge is 2.16. The van der Waals surface area contributed by atoms with Gasteiger partial charge in [0, 0.05) is 12.5 Å². The summed E-state index contributed by atoms with van der Waals surface area (Å²) in [4.78, 5) is 22.3. The Morgan fingerprint density at radius 2 is 1.30 bits per heavy atom. The summed E-state index contributed by atoms with van der Waals surface area (Å²) in [5.41, 5.74) is 2.27. The number of hydrogen-bond acceptors (Lipinski definition) is 5. The Balaban J connectivity index is 1.60. The minimum Gasteiger partial charge on any atom is -0.491 e. The predicted molar refractivity (Wildman–Crippen MR) is 124 cm³/mol. The number of carboxylic acid groups (broad SMARTS) is 2. The number of carbonyl (C=O) groups is 2. The quantitative estimate of drug-likeness (QED) is 0.312. The van der Waals surface area contributed by atoms with Gasteiger partial charge in [-0.3, -0.25) is 0 Å². The molecule has 0 heterocycles. The van der Waals surface area contributed by atoms with Gasteiger partial charge in [0.1, 0.15) is 18.5 Å². The summed E-state index contributed by atoms with van der Waals surface area (Å²) in [6, 6.07) is 22.7. The summed E-state index contributed by atoms with van der Waals surface area (Å²) in [5.74, 6) is -1.35. The molecule has 0 aliphatic carbocycles. The van der Waals surface area contributed by atoms with E-state index >= 15 is 0 Å². The fourth-order valence-electron chi connectivity index (χ4n) is 3.52. The highest BCUT2D eigenvalue weighted by atomic mass is 16.5. The number of hydrogen-bond donors (Lipinski definition) is 4. The first kappa shape index (κ1) is 24.0. The number of para-hydroxylation sites is 1. The topological polar surface area (TPSA) is 116 Å². The zero-order chi connectivity index (χ0) is 23.6. The average Bonchev–Trinajstić information content (AvgIpc) is 2.83. The Labute approximate surface area is 192 Å².